The lowest BCUT2D eigenvalue weighted by atomic mass is 10.2. The van der Waals surface area contributed by atoms with Crippen LogP contribution in [0.3, 0.4) is 0 Å². The van der Waals surface area contributed by atoms with Crippen LogP contribution in [-0.2, 0) is 0 Å². The van der Waals surface area contributed by atoms with Crippen molar-refractivity contribution in [2.45, 2.75) is 0 Å². The summed E-state index contributed by atoms with van der Waals surface area (Å²) in [5.74, 6) is 1.05. The fourth-order valence-electron chi connectivity index (χ4n) is 1.61. The molecule has 2 heterocycles. The molecule has 0 atom stereocenters. The lowest BCUT2D eigenvalue weighted by Crippen LogP contribution is -1.94. The van der Waals surface area contributed by atoms with Crippen molar-refractivity contribution in [3.63, 3.8) is 0 Å². The van der Waals surface area contributed by atoms with Crippen LogP contribution >= 0.6 is 0 Å². The van der Waals surface area contributed by atoms with Crippen molar-refractivity contribution in [1.82, 2.24) is 19.9 Å². The molecule has 0 aliphatic rings. The van der Waals surface area contributed by atoms with Crippen LogP contribution in [-0.4, -0.2) is 19.9 Å². The van der Waals surface area contributed by atoms with Gasteiger partial charge in [-0.1, -0.05) is 0 Å². The maximum atomic E-state index is 5.63. The minimum absolute atomic E-state index is 0.453. The summed E-state index contributed by atoms with van der Waals surface area (Å²) >= 11 is 0. The van der Waals surface area contributed by atoms with Gasteiger partial charge in [-0.3, -0.25) is 9.97 Å². The second-order valence-electron chi connectivity index (χ2n) is 3.56. The highest BCUT2D eigenvalue weighted by atomic mass is 14.9. The van der Waals surface area contributed by atoms with E-state index in [4.69, 9.17) is 5.73 Å². The van der Waals surface area contributed by atoms with Crippen molar-refractivity contribution in [1.29, 1.82) is 0 Å². The number of aromatic nitrogens is 4. The zero-order valence-corrected chi connectivity index (χ0v) is 8.91. The molecule has 0 fully saturated rings. The van der Waals surface area contributed by atoms with Crippen molar-refractivity contribution >= 4 is 16.9 Å². The number of benzene rings is 1. The van der Waals surface area contributed by atoms with Gasteiger partial charge in [-0.15, -0.1) is 0 Å². The second-order valence-corrected chi connectivity index (χ2v) is 3.56. The van der Waals surface area contributed by atoms with E-state index in [2.05, 4.69) is 19.9 Å². The summed E-state index contributed by atoms with van der Waals surface area (Å²) in [6.45, 7) is 0. The van der Waals surface area contributed by atoms with Crippen molar-refractivity contribution in [3.05, 3.63) is 42.9 Å². The van der Waals surface area contributed by atoms with Gasteiger partial charge in [0.1, 0.15) is 5.82 Å². The maximum absolute atomic E-state index is 5.63. The Morgan fingerprint density at radius 1 is 0.824 bits per heavy atom. The van der Waals surface area contributed by atoms with E-state index in [1.807, 2.05) is 18.2 Å². The summed E-state index contributed by atoms with van der Waals surface area (Å²) in [5, 5.41) is 0. The molecule has 0 saturated heterocycles. The van der Waals surface area contributed by atoms with Crippen molar-refractivity contribution in [3.8, 4) is 11.4 Å². The smallest absolute Gasteiger partial charge is 0.161 e. The van der Waals surface area contributed by atoms with E-state index in [0.717, 1.165) is 16.6 Å². The summed E-state index contributed by atoms with van der Waals surface area (Å²) in [7, 11) is 0. The van der Waals surface area contributed by atoms with Gasteiger partial charge in [0.15, 0.2) is 5.82 Å². The summed E-state index contributed by atoms with van der Waals surface area (Å²) in [4.78, 5) is 16.8. The minimum atomic E-state index is 0.453. The summed E-state index contributed by atoms with van der Waals surface area (Å²) in [6, 6.07) is 7.36. The number of hydrogen-bond donors (Lipinski definition) is 1. The maximum Gasteiger partial charge on any atom is 0.161 e. The molecule has 1 aromatic carbocycles. The molecule has 0 unspecified atom stereocenters. The van der Waals surface area contributed by atoms with E-state index in [1.165, 1.54) is 0 Å². The molecule has 2 N–H and O–H groups in total. The van der Waals surface area contributed by atoms with Crippen LogP contribution in [0.15, 0.2) is 42.9 Å². The Morgan fingerprint density at radius 3 is 2.47 bits per heavy atom. The zero-order chi connectivity index (χ0) is 11.7. The van der Waals surface area contributed by atoms with E-state index in [0.29, 0.717) is 11.6 Å². The lowest BCUT2D eigenvalue weighted by molar-refractivity contribution is 1.18. The molecule has 0 radical (unpaired) electrons. The minimum Gasteiger partial charge on any atom is -0.384 e. The monoisotopic (exact) mass is 223 g/mol. The Labute approximate surface area is 97.4 Å². The van der Waals surface area contributed by atoms with Gasteiger partial charge in [-0.25, -0.2) is 9.97 Å². The predicted molar refractivity (Wildman–Crippen MR) is 65.0 cm³/mol. The highest BCUT2D eigenvalue weighted by Gasteiger charge is 2.03. The van der Waals surface area contributed by atoms with Crippen LogP contribution in [0, 0.1) is 0 Å². The Balaban J connectivity index is 2.18. The van der Waals surface area contributed by atoms with E-state index >= 15 is 0 Å². The molecule has 3 aromatic rings. The first-order valence-corrected chi connectivity index (χ1v) is 5.12. The number of anilines is 1. The summed E-state index contributed by atoms with van der Waals surface area (Å²) in [6.07, 6.45) is 4.96. The second kappa shape index (κ2) is 3.79. The van der Waals surface area contributed by atoms with Gasteiger partial charge in [0.2, 0.25) is 0 Å². The zero-order valence-electron chi connectivity index (χ0n) is 8.91. The molecule has 3 rings (SSSR count). The molecule has 17 heavy (non-hydrogen) atoms. The van der Waals surface area contributed by atoms with E-state index in [1.54, 1.807) is 24.7 Å². The average Bonchev–Trinajstić information content (AvgIpc) is 2.38. The first-order valence-electron chi connectivity index (χ1n) is 5.12. The molecule has 0 spiro atoms. The molecule has 0 aliphatic carbocycles. The average molecular weight is 223 g/mol. The molecule has 5 nitrogen and oxygen atoms in total. The molecule has 82 valence electrons. The third-order valence-electron chi connectivity index (χ3n) is 2.40. The van der Waals surface area contributed by atoms with Gasteiger partial charge in [0, 0.05) is 24.2 Å². The quantitative estimate of drug-likeness (QED) is 0.679. The van der Waals surface area contributed by atoms with Crippen LogP contribution in [0.5, 0.6) is 0 Å². The third-order valence-corrected chi connectivity index (χ3v) is 2.40. The topological polar surface area (TPSA) is 77.6 Å². The number of nitrogens with zero attached hydrogens (tertiary/aromatic N) is 4. The number of nitrogens with two attached hydrogens (primary N) is 1. The Kier molecular flexibility index (Phi) is 2.15. The fourth-order valence-corrected chi connectivity index (χ4v) is 1.61. The SMILES string of the molecule is Nc1ccnc(-c2ccc3nccnc3c2)n1. The number of nitrogen functional groups attached to an aromatic ring is 1. The van der Waals surface area contributed by atoms with Crippen LogP contribution in [0.25, 0.3) is 22.4 Å². The van der Waals surface area contributed by atoms with Crippen LogP contribution in [0.4, 0.5) is 5.82 Å². The van der Waals surface area contributed by atoms with Crippen molar-refractivity contribution < 1.29 is 0 Å². The fraction of sp³-hybridized carbons (Fsp3) is 0. The van der Waals surface area contributed by atoms with Gasteiger partial charge in [0.25, 0.3) is 0 Å². The number of hydrogen-bond acceptors (Lipinski definition) is 5. The Bertz CT molecular complexity index is 680. The van der Waals surface area contributed by atoms with E-state index in [-0.39, 0.29) is 0 Å². The molecule has 2 aromatic heterocycles. The Morgan fingerprint density at radius 2 is 1.65 bits per heavy atom. The first-order chi connectivity index (χ1) is 8.33. The van der Waals surface area contributed by atoms with Gasteiger partial charge < -0.3 is 5.73 Å². The highest BCUT2D eigenvalue weighted by Crippen LogP contribution is 2.19. The van der Waals surface area contributed by atoms with Crippen LogP contribution in [0.2, 0.25) is 0 Å². The van der Waals surface area contributed by atoms with Crippen molar-refractivity contribution in [2.24, 2.45) is 0 Å². The van der Waals surface area contributed by atoms with E-state index < -0.39 is 0 Å². The predicted octanol–water partition coefficient (Wildman–Crippen LogP) is 1.67. The normalized spacial score (nSPS) is 10.6. The standard InChI is InChI=1S/C12H9N5/c13-11-3-4-16-12(17-11)8-1-2-9-10(7-8)15-6-5-14-9/h1-7H,(H2,13,16,17). The molecule has 0 saturated carbocycles. The van der Waals surface area contributed by atoms with E-state index in [9.17, 15) is 0 Å². The highest BCUT2D eigenvalue weighted by molar-refractivity contribution is 5.79. The molecular formula is C12H9N5. The van der Waals surface area contributed by atoms with Crippen LogP contribution in [0.1, 0.15) is 0 Å². The van der Waals surface area contributed by atoms with Crippen molar-refractivity contribution in [2.75, 3.05) is 5.73 Å². The first kappa shape index (κ1) is 9.65. The molecular weight excluding hydrogens is 214 g/mol. The van der Waals surface area contributed by atoms with Gasteiger partial charge >= 0.3 is 0 Å². The number of rotatable bonds is 1. The lowest BCUT2D eigenvalue weighted by Gasteiger charge is -2.02. The summed E-state index contributed by atoms with van der Waals surface area (Å²) in [5.41, 5.74) is 8.17. The van der Waals surface area contributed by atoms with Crippen LogP contribution < -0.4 is 5.73 Å². The third kappa shape index (κ3) is 1.78. The van der Waals surface area contributed by atoms with Gasteiger partial charge in [-0.05, 0) is 24.3 Å². The molecule has 0 bridgehead atoms. The molecule has 5 heteroatoms. The largest absolute Gasteiger partial charge is 0.384 e. The Hall–Kier alpha value is -2.56. The molecule has 0 amide bonds. The summed E-state index contributed by atoms with van der Waals surface area (Å²) < 4.78 is 0. The molecule has 0 aliphatic heterocycles. The number of fused-ring (bicyclic) bond motifs is 1. The van der Waals surface area contributed by atoms with Gasteiger partial charge in [-0.2, -0.15) is 0 Å². The van der Waals surface area contributed by atoms with Gasteiger partial charge in [0.05, 0.1) is 11.0 Å².